The number of rotatable bonds is 5. The molecule has 0 radical (unpaired) electrons. The number of likely N-dealkylation sites (tertiary alicyclic amines) is 1. The molecule has 4 rings (SSSR count). The van der Waals surface area contributed by atoms with Crippen molar-refractivity contribution in [1.29, 1.82) is 0 Å². The molecule has 1 aliphatic heterocycles. The molecule has 2 atom stereocenters. The number of carbonyl (C=O) groups excluding carboxylic acids is 1. The van der Waals surface area contributed by atoms with Gasteiger partial charge in [-0.3, -0.25) is 14.5 Å². The van der Waals surface area contributed by atoms with Crippen molar-refractivity contribution in [3.8, 4) is 0 Å². The minimum atomic E-state index is -2.90. The Kier molecular flexibility index (Phi) is 5.69. The fourth-order valence-corrected chi connectivity index (χ4v) is 4.13. The van der Waals surface area contributed by atoms with E-state index in [2.05, 4.69) is 15.3 Å². The summed E-state index contributed by atoms with van der Waals surface area (Å²) in [6.45, 7) is 1.86. The molecule has 2 fully saturated rings. The Labute approximate surface area is 173 Å². The minimum Gasteiger partial charge on any atom is -0.329 e. The van der Waals surface area contributed by atoms with Crippen molar-refractivity contribution in [3.63, 3.8) is 0 Å². The highest BCUT2D eigenvalue weighted by molar-refractivity contribution is 5.93. The van der Waals surface area contributed by atoms with E-state index in [1.54, 1.807) is 24.1 Å². The number of alkyl halides is 2. The van der Waals surface area contributed by atoms with Crippen LogP contribution < -0.4 is 10.9 Å². The van der Waals surface area contributed by atoms with Gasteiger partial charge in [-0.15, -0.1) is 0 Å². The van der Waals surface area contributed by atoms with Crippen LogP contribution in [0.25, 0.3) is 0 Å². The zero-order valence-corrected chi connectivity index (χ0v) is 16.9. The summed E-state index contributed by atoms with van der Waals surface area (Å²) in [6, 6.07) is 5.88. The molecule has 2 aromatic rings. The van der Waals surface area contributed by atoms with E-state index < -0.39 is 17.9 Å². The number of hydrogen-bond acceptors (Lipinski definition) is 4. The molecule has 0 spiro atoms. The Morgan fingerprint density at radius 1 is 1.27 bits per heavy atom. The number of amides is 1. The van der Waals surface area contributed by atoms with Crippen molar-refractivity contribution < 1.29 is 13.6 Å². The average Bonchev–Trinajstić information content (AvgIpc) is 2.68. The van der Waals surface area contributed by atoms with Gasteiger partial charge in [0.1, 0.15) is 5.82 Å². The molecule has 2 aromatic heterocycles. The van der Waals surface area contributed by atoms with Crippen LogP contribution in [0.4, 0.5) is 14.6 Å². The van der Waals surface area contributed by atoms with Crippen LogP contribution in [0.2, 0.25) is 0 Å². The predicted octanol–water partition coefficient (Wildman–Crippen LogP) is 3.49. The minimum absolute atomic E-state index is 0.0294. The topological polar surface area (TPSA) is 78.1 Å². The second-order valence-corrected chi connectivity index (χ2v) is 8.31. The highest BCUT2D eigenvalue weighted by Crippen LogP contribution is 2.40. The molecule has 2 N–H and O–H groups in total. The number of carbonyl (C=O) groups is 1. The Hall–Kier alpha value is -2.61. The van der Waals surface area contributed by atoms with Crippen molar-refractivity contribution >= 4 is 11.7 Å². The van der Waals surface area contributed by atoms with Gasteiger partial charge >= 0.3 is 0 Å². The summed E-state index contributed by atoms with van der Waals surface area (Å²) in [6.07, 6.45) is 6.40. The first-order valence-electron chi connectivity index (χ1n) is 10.4. The normalized spacial score (nSPS) is 22.8. The SMILES string of the molecule is CC(C(=O)Nc1ccc(C2CCC2)cn1)N1CCC(F)(F)C(c2ccc(=O)[nH]c2)C1. The van der Waals surface area contributed by atoms with Crippen molar-refractivity contribution in [2.24, 2.45) is 0 Å². The molecule has 0 aromatic carbocycles. The predicted molar refractivity (Wildman–Crippen MR) is 110 cm³/mol. The van der Waals surface area contributed by atoms with E-state index in [-0.39, 0.29) is 31.0 Å². The van der Waals surface area contributed by atoms with Crippen molar-refractivity contribution in [2.45, 2.75) is 56.4 Å². The maximum absolute atomic E-state index is 14.5. The molecule has 3 heterocycles. The van der Waals surface area contributed by atoms with Gasteiger partial charge in [-0.25, -0.2) is 13.8 Å². The van der Waals surface area contributed by atoms with Gasteiger partial charge in [0.25, 0.3) is 5.92 Å². The van der Waals surface area contributed by atoms with E-state index in [0.29, 0.717) is 17.3 Å². The third kappa shape index (κ3) is 4.28. The number of piperidine rings is 1. The van der Waals surface area contributed by atoms with E-state index in [1.165, 1.54) is 43.2 Å². The first-order chi connectivity index (χ1) is 14.3. The van der Waals surface area contributed by atoms with E-state index in [0.717, 1.165) is 0 Å². The largest absolute Gasteiger partial charge is 0.329 e. The summed E-state index contributed by atoms with van der Waals surface area (Å²) in [7, 11) is 0. The van der Waals surface area contributed by atoms with Crippen LogP contribution in [0, 0.1) is 0 Å². The first kappa shape index (κ1) is 20.7. The molecule has 6 nitrogen and oxygen atoms in total. The van der Waals surface area contributed by atoms with E-state index >= 15 is 0 Å². The van der Waals surface area contributed by atoms with Crippen LogP contribution in [-0.4, -0.2) is 45.8 Å². The Balaban J connectivity index is 1.41. The van der Waals surface area contributed by atoms with E-state index in [9.17, 15) is 18.4 Å². The van der Waals surface area contributed by atoms with Gasteiger partial charge < -0.3 is 10.3 Å². The third-order valence-corrected chi connectivity index (χ3v) is 6.41. The lowest BCUT2D eigenvalue weighted by Gasteiger charge is -2.40. The monoisotopic (exact) mass is 416 g/mol. The second-order valence-electron chi connectivity index (χ2n) is 8.31. The van der Waals surface area contributed by atoms with Gasteiger partial charge in [-0.2, -0.15) is 0 Å². The van der Waals surface area contributed by atoms with Crippen molar-refractivity contribution in [2.75, 3.05) is 18.4 Å². The number of nitrogens with one attached hydrogen (secondary N) is 2. The number of nitrogens with zero attached hydrogens (tertiary/aromatic N) is 2. The van der Waals surface area contributed by atoms with Gasteiger partial charge in [0.05, 0.1) is 12.0 Å². The maximum atomic E-state index is 14.5. The van der Waals surface area contributed by atoms with Crippen LogP contribution >= 0.6 is 0 Å². The zero-order valence-electron chi connectivity index (χ0n) is 16.9. The maximum Gasteiger partial charge on any atom is 0.257 e. The third-order valence-electron chi connectivity index (χ3n) is 6.41. The Morgan fingerprint density at radius 2 is 2.03 bits per heavy atom. The van der Waals surface area contributed by atoms with Crippen LogP contribution in [0.1, 0.15) is 55.6 Å². The molecule has 2 aliphatic rings. The highest BCUT2D eigenvalue weighted by Gasteiger charge is 2.46. The lowest BCUT2D eigenvalue weighted by Crippen LogP contribution is -2.52. The van der Waals surface area contributed by atoms with Crippen LogP contribution in [-0.2, 0) is 4.79 Å². The smallest absolute Gasteiger partial charge is 0.257 e. The first-order valence-corrected chi connectivity index (χ1v) is 10.4. The molecule has 160 valence electrons. The molecule has 1 saturated heterocycles. The summed E-state index contributed by atoms with van der Waals surface area (Å²) < 4.78 is 29.1. The molecule has 1 amide bonds. The van der Waals surface area contributed by atoms with Gasteiger partial charge in [0.15, 0.2) is 0 Å². The molecule has 1 aliphatic carbocycles. The molecule has 1 saturated carbocycles. The number of anilines is 1. The number of halogens is 2. The number of pyridine rings is 2. The Bertz CT molecular complexity index is 936. The number of aromatic nitrogens is 2. The molecular weight excluding hydrogens is 390 g/mol. The van der Waals surface area contributed by atoms with Gasteiger partial charge in [0.2, 0.25) is 11.5 Å². The Morgan fingerprint density at radius 3 is 2.63 bits per heavy atom. The highest BCUT2D eigenvalue weighted by atomic mass is 19.3. The van der Waals surface area contributed by atoms with Crippen LogP contribution in [0.3, 0.4) is 0 Å². The summed E-state index contributed by atoms with van der Waals surface area (Å²) in [4.78, 5) is 32.5. The van der Waals surface area contributed by atoms with Crippen molar-refractivity contribution in [3.05, 3.63) is 58.1 Å². The van der Waals surface area contributed by atoms with Gasteiger partial charge in [0, 0.05) is 38.0 Å². The fraction of sp³-hybridized carbons (Fsp3) is 0.500. The number of hydrogen-bond donors (Lipinski definition) is 2. The molecule has 30 heavy (non-hydrogen) atoms. The summed E-state index contributed by atoms with van der Waals surface area (Å²) in [5, 5.41) is 2.80. The lowest BCUT2D eigenvalue weighted by molar-refractivity contribution is -0.125. The van der Waals surface area contributed by atoms with Crippen LogP contribution in [0.5, 0.6) is 0 Å². The summed E-state index contributed by atoms with van der Waals surface area (Å²) in [5.74, 6) is -3.22. The average molecular weight is 416 g/mol. The number of H-pyrrole nitrogens is 1. The zero-order chi connectivity index (χ0) is 21.3. The number of aromatic amines is 1. The van der Waals surface area contributed by atoms with E-state index in [4.69, 9.17) is 0 Å². The quantitative estimate of drug-likeness (QED) is 0.782. The van der Waals surface area contributed by atoms with Crippen molar-refractivity contribution in [1.82, 2.24) is 14.9 Å². The van der Waals surface area contributed by atoms with Gasteiger partial charge in [-0.1, -0.05) is 18.6 Å². The van der Waals surface area contributed by atoms with E-state index in [1.807, 2.05) is 6.07 Å². The lowest BCUT2D eigenvalue weighted by atomic mass is 9.81. The van der Waals surface area contributed by atoms with Crippen LogP contribution in [0.15, 0.2) is 41.5 Å². The summed E-state index contributed by atoms with van der Waals surface area (Å²) >= 11 is 0. The standard InChI is InChI=1S/C22H26F2N4O2/c1-14(21(30)27-19-7-5-16(11-25-19)15-3-2-4-15)28-10-9-22(23,24)18(13-28)17-6-8-20(29)26-12-17/h5-8,11-12,14-15,18H,2-4,9-10,13H2,1H3,(H,26,29)(H,25,27,30). The summed E-state index contributed by atoms with van der Waals surface area (Å²) in [5.41, 5.74) is 1.22. The second kappa shape index (κ2) is 8.26. The van der Waals surface area contributed by atoms with Gasteiger partial charge in [-0.05, 0) is 42.9 Å². The molecular formula is C22H26F2N4O2. The molecule has 8 heteroatoms. The fourth-order valence-electron chi connectivity index (χ4n) is 4.13. The molecule has 0 bridgehead atoms. The molecule has 2 unspecified atom stereocenters.